The second kappa shape index (κ2) is 10.5. The topological polar surface area (TPSA) is 176 Å². The fourth-order valence-electron chi connectivity index (χ4n) is 3.08. The lowest BCUT2D eigenvalue weighted by atomic mass is 9.97. The summed E-state index contributed by atoms with van der Waals surface area (Å²) in [6, 6.07) is 0. The summed E-state index contributed by atoms with van der Waals surface area (Å²) in [5.41, 5.74) is -0.677. The smallest absolute Gasteiger partial charge is 0.311 e. The van der Waals surface area contributed by atoms with Crippen molar-refractivity contribution in [2.75, 3.05) is 19.8 Å². The predicted octanol–water partition coefficient (Wildman–Crippen LogP) is 0.609. The summed E-state index contributed by atoms with van der Waals surface area (Å²) >= 11 is 0. The highest BCUT2D eigenvalue weighted by molar-refractivity contribution is 5.75. The summed E-state index contributed by atoms with van der Waals surface area (Å²) in [4.78, 5) is 53.2. The van der Waals surface area contributed by atoms with Crippen LogP contribution in [0.2, 0.25) is 0 Å². The maximum Gasteiger partial charge on any atom is 0.311 e. The molecule has 2 fully saturated rings. The quantitative estimate of drug-likeness (QED) is 0.244. The van der Waals surface area contributed by atoms with E-state index in [0.29, 0.717) is 0 Å². The van der Waals surface area contributed by atoms with Gasteiger partial charge in [-0.05, 0) is 33.6 Å². The number of esters is 2. The number of carbonyl (C=O) groups is 2. The van der Waals surface area contributed by atoms with Crippen molar-refractivity contribution >= 4 is 11.9 Å². The van der Waals surface area contributed by atoms with Crippen molar-refractivity contribution in [2.24, 2.45) is 5.41 Å². The Morgan fingerprint density at radius 3 is 2.13 bits per heavy atom. The van der Waals surface area contributed by atoms with Crippen LogP contribution in [-0.2, 0) is 38.2 Å². The van der Waals surface area contributed by atoms with Crippen LogP contribution in [0.15, 0.2) is 0 Å². The monoisotopic (exact) mass is 450 g/mol. The van der Waals surface area contributed by atoms with E-state index in [1.165, 1.54) is 0 Å². The molecule has 0 aliphatic carbocycles. The van der Waals surface area contributed by atoms with E-state index in [-0.39, 0.29) is 32.5 Å². The molecule has 1 unspecified atom stereocenters. The molecule has 0 radical (unpaired) electrons. The molecule has 5 atom stereocenters. The zero-order valence-electron chi connectivity index (χ0n) is 17.4. The first-order valence-corrected chi connectivity index (χ1v) is 9.69. The first kappa shape index (κ1) is 24.5. The molecule has 0 aromatic rings. The average molecular weight is 450 g/mol. The van der Waals surface area contributed by atoms with E-state index in [9.17, 15) is 29.8 Å². The van der Waals surface area contributed by atoms with Crippen molar-refractivity contribution < 1.29 is 48.4 Å². The van der Waals surface area contributed by atoms with E-state index in [4.69, 9.17) is 18.9 Å². The van der Waals surface area contributed by atoms with Crippen molar-refractivity contribution in [1.82, 2.24) is 0 Å². The zero-order valence-corrected chi connectivity index (χ0v) is 17.4. The molecule has 31 heavy (non-hydrogen) atoms. The van der Waals surface area contributed by atoms with Crippen LogP contribution in [0.5, 0.6) is 0 Å². The minimum atomic E-state index is -1.19. The van der Waals surface area contributed by atoms with Gasteiger partial charge in [0.1, 0.15) is 24.9 Å². The molecule has 0 N–H and O–H groups in total. The molecule has 0 bridgehead atoms. The molecule has 2 heterocycles. The Kier molecular flexibility index (Phi) is 8.33. The second-order valence-corrected chi connectivity index (χ2v) is 8.18. The molecule has 14 nitrogen and oxygen atoms in total. The molecule has 2 aliphatic rings. The maximum absolute atomic E-state index is 12.1. The van der Waals surface area contributed by atoms with Gasteiger partial charge in [-0.15, -0.1) is 20.2 Å². The molecule has 0 amide bonds. The average Bonchev–Trinajstić information content (AvgIpc) is 3.22. The van der Waals surface area contributed by atoms with Gasteiger partial charge in [0, 0.05) is 6.42 Å². The minimum absolute atomic E-state index is 0.0293. The summed E-state index contributed by atoms with van der Waals surface area (Å²) < 4.78 is 22.0. The summed E-state index contributed by atoms with van der Waals surface area (Å²) in [5, 5.41) is 18.5. The molecule has 2 saturated heterocycles. The minimum Gasteiger partial charge on any atom is -0.457 e. The summed E-state index contributed by atoms with van der Waals surface area (Å²) in [6.07, 6.45) is -3.59. The molecule has 176 valence electrons. The van der Waals surface area contributed by atoms with E-state index in [1.807, 2.05) is 0 Å². The van der Waals surface area contributed by atoms with Crippen molar-refractivity contribution in [3.05, 3.63) is 20.2 Å². The highest BCUT2D eigenvalue weighted by Crippen LogP contribution is 2.32. The molecule has 14 heteroatoms. The Bertz CT molecular complexity index is 679. The molecular formula is C17H26N2O12. The zero-order chi connectivity index (χ0) is 23.2. The molecule has 2 rings (SSSR count). The predicted molar refractivity (Wildman–Crippen MR) is 97.4 cm³/mol. The van der Waals surface area contributed by atoms with Gasteiger partial charge in [0.05, 0.1) is 18.6 Å². The number of ether oxygens (including phenoxy) is 4. The number of rotatable bonds is 11. The van der Waals surface area contributed by atoms with E-state index in [2.05, 4.69) is 9.68 Å². The van der Waals surface area contributed by atoms with Crippen LogP contribution in [0.25, 0.3) is 0 Å². The summed E-state index contributed by atoms with van der Waals surface area (Å²) in [6.45, 7) is 4.76. The Morgan fingerprint density at radius 2 is 1.61 bits per heavy atom. The molecule has 2 aliphatic heterocycles. The van der Waals surface area contributed by atoms with Gasteiger partial charge < -0.3 is 28.6 Å². The van der Waals surface area contributed by atoms with Crippen LogP contribution >= 0.6 is 0 Å². The van der Waals surface area contributed by atoms with E-state index < -0.39 is 64.7 Å². The van der Waals surface area contributed by atoms with Crippen molar-refractivity contribution in [3.8, 4) is 0 Å². The van der Waals surface area contributed by atoms with Gasteiger partial charge in [0.25, 0.3) is 10.2 Å². The Labute approximate surface area is 177 Å². The fraction of sp³-hybridized carbons (Fsp3) is 0.882. The van der Waals surface area contributed by atoms with Crippen molar-refractivity contribution in [3.63, 3.8) is 0 Å². The van der Waals surface area contributed by atoms with Crippen LogP contribution in [0, 0.1) is 25.6 Å². The van der Waals surface area contributed by atoms with Crippen molar-refractivity contribution in [2.45, 2.75) is 70.6 Å². The molecule has 0 saturated carbocycles. The van der Waals surface area contributed by atoms with Crippen LogP contribution < -0.4 is 0 Å². The van der Waals surface area contributed by atoms with Gasteiger partial charge in [-0.1, -0.05) is 0 Å². The van der Waals surface area contributed by atoms with Crippen LogP contribution in [0.4, 0.5) is 0 Å². The van der Waals surface area contributed by atoms with Crippen LogP contribution in [0.1, 0.15) is 40.0 Å². The number of carbonyl (C=O) groups excluding carboxylic acids is 2. The Balaban J connectivity index is 1.76. The first-order valence-electron chi connectivity index (χ1n) is 9.69. The maximum atomic E-state index is 12.1. The molecule has 0 spiro atoms. The Hall–Kier alpha value is -2.74. The van der Waals surface area contributed by atoms with Crippen LogP contribution in [-0.4, -0.2) is 72.5 Å². The normalized spacial score (nSPS) is 25.9. The third-order valence-electron chi connectivity index (χ3n) is 4.62. The number of fused-ring (bicyclic) bond motifs is 1. The first-order chi connectivity index (χ1) is 14.5. The van der Waals surface area contributed by atoms with Gasteiger partial charge in [-0.3, -0.25) is 9.59 Å². The Morgan fingerprint density at radius 1 is 1.03 bits per heavy atom. The number of hydrogen-bond acceptors (Lipinski definition) is 12. The van der Waals surface area contributed by atoms with E-state index in [0.717, 1.165) is 0 Å². The van der Waals surface area contributed by atoms with Crippen molar-refractivity contribution in [1.29, 1.82) is 0 Å². The molecule has 0 aromatic carbocycles. The van der Waals surface area contributed by atoms with Gasteiger partial charge in [-0.2, -0.15) is 0 Å². The largest absolute Gasteiger partial charge is 0.457 e. The highest BCUT2D eigenvalue weighted by Gasteiger charge is 2.51. The lowest BCUT2D eigenvalue weighted by Gasteiger charge is -2.22. The highest BCUT2D eigenvalue weighted by atomic mass is 17.0. The second-order valence-electron chi connectivity index (χ2n) is 8.18. The lowest BCUT2D eigenvalue weighted by Crippen LogP contribution is -2.38. The third-order valence-corrected chi connectivity index (χ3v) is 4.62. The third kappa shape index (κ3) is 7.47. The van der Waals surface area contributed by atoms with Gasteiger partial charge in [0.15, 0.2) is 12.2 Å². The number of hydrogen-bond donors (Lipinski definition) is 0. The van der Waals surface area contributed by atoms with Crippen LogP contribution in [0.3, 0.4) is 0 Å². The fourth-order valence-corrected chi connectivity index (χ4v) is 3.08. The van der Waals surface area contributed by atoms with Gasteiger partial charge >= 0.3 is 11.9 Å². The van der Waals surface area contributed by atoms with Gasteiger partial charge in [-0.25, -0.2) is 0 Å². The van der Waals surface area contributed by atoms with E-state index >= 15 is 0 Å². The van der Waals surface area contributed by atoms with Gasteiger partial charge in [0.2, 0.25) is 0 Å². The lowest BCUT2D eigenvalue weighted by molar-refractivity contribution is -0.790. The summed E-state index contributed by atoms with van der Waals surface area (Å²) in [5.74, 6) is -0.985. The standard InChI is InChI=1S/C17H26N2O12/c1-17(2,3)16(21)30-12-9-27-14-11(8-26-15(12)14)29-13(20)6-4-5-10(31-19(24)25)7-28-18(22)23/h10-12,14-15H,4-9H2,1-3H3/t10?,11-,12-,14-,15-/m1/s1. The summed E-state index contributed by atoms with van der Waals surface area (Å²) in [7, 11) is 0. The van der Waals surface area contributed by atoms with E-state index in [1.54, 1.807) is 20.8 Å². The SMILES string of the molecule is CC(C)(C)C(=O)O[C@@H]1CO[C@H]2[C@@H]1OC[C@H]2OC(=O)CCCC(CO[N+](=O)[O-])O[N+](=O)[O-]. The molecular weight excluding hydrogens is 424 g/mol. The molecule has 0 aromatic heterocycles. The number of nitrogens with zero attached hydrogens (tertiary/aromatic N) is 2.